The Balaban J connectivity index is 1.79. The molecule has 2 aliphatic rings. The van der Waals surface area contributed by atoms with E-state index in [2.05, 4.69) is 9.97 Å². The fourth-order valence-corrected chi connectivity index (χ4v) is 3.77. The van der Waals surface area contributed by atoms with E-state index < -0.39 is 17.7 Å². The Bertz CT molecular complexity index is 897. The summed E-state index contributed by atoms with van der Waals surface area (Å²) in [6, 6.07) is 4.54. The maximum Gasteiger partial charge on any atom is 0.223 e. The summed E-state index contributed by atoms with van der Waals surface area (Å²) in [4.78, 5) is 34.8. The molecule has 0 saturated carbocycles. The molecular formula is C20H21N3O4. The highest BCUT2D eigenvalue weighted by Gasteiger charge is 2.47. The van der Waals surface area contributed by atoms with E-state index in [0.717, 1.165) is 6.42 Å². The van der Waals surface area contributed by atoms with Crippen LogP contribution in [0.1, 0.15) is 54.3 Å². The van der Waals surface area contributed by atoms with Crippen molar-refractivity contribution in [1.82, 2.24) is 14.9 Å². The lowest BCUT2D eigenvalue weighted by Gasteiger charge is -2.45. The molecule has 0 spiro atoms. The number of carbonyl (C=O) groups excluding carboxylic acids is 2. The van der Waals surface area contributed by atoms with Gasteiger partial charge in [0, 0.05) is 36.5 Å². The third kappa shape index (κ3) is 2.98. The summed E-state index contributed by atoms with van der Waals surface area (Å²) in [5.74, 6) is 0.316. The number of aliphatic hydroxyl groups excluding tert-OH is 1. The van der Waals surface area contributed by atoms with E-state index >= 15 is 0 Å². The van der Waals surface area contributed by atoms with Crippen LogP contribution in [0.15, 0.2) is 36.8 Å². The topological polar surface area (TPSA) is 92.6 Å². The number of hydrogen-bond donors (Lipinski definition) is 1. The number of aromatic nitrogens is 2. The van der Waals surface area contributed by atoms with Gasteiger partial charge in [0.2, 0.25) is 11.7 Å². The first-order valence-corrected chi connectivity index (χ1v) is 9.00. The molecule has 0 aliphatic carbocycles. The van der Waals surface area contributed by atoms with Crippen LogP contribution in [-0.2, 0) is 4.79 Å². The number of hydrogen-bond acceptors (Lipinski definition) is 6. The van der Waals surface area contributed by atoms with Gasteiger partial charge in [0.1, 0.15) is 23.1 Å². The molecule has 3 heterocycles. The van der Waals surface area contributed by atoms with Crippen LogP contribution in [0.5, 0.6) is 5.75 Å². The number of fused-ring (bicyclic) bond motifs is 1. The van der Waals surface area contributed by atoms with E-state index in [1.54, 1.807) is 36.9 Å². The number of ether oxygens (including phenoxy) is 1. The Labute approximate surface area is 157 Å². The van der Waals surface area contributed by atoms with E-state index in [4.69, 9.17) is 4.74 Å². The van der Waals surface area contributed by atoms with Gasteiger partial charge in [-0.2, -0.15) is 0 Å². The Morgan fingerprint density at radius 1 is 1.33 bits per heavy atom. The predicted octanol–water partition coefficient (Wildman–Crippen LogP) is 1.90. The van der Waals surface area contributed by atoms with E-state index in [1.807, 2.05) is 0 Å². The number of aliphatic hydroxyl groups is 1. The molecule has 1 N–H and O–H groups in total. The number of likely N-dealkylation sites (tertiary alicyclic amines) is 1. The quantitative estimate of drug-likeness (QED) is 0.833. The van der Waals surface area contributed by atoms with Gasteiger partial charge in [-0.1, -0.05) is 0 Å². The lowest BCUT2D eigenvalue weighted by atomic mass is 9.84. The first kappa shape index (κ1) is 17.6. The fourth-order valence-electron chi connectivity index (χ4n) is 3.77. The predicted molar refractivity (Wildman–Crippen MR) is 96.3 cm³/mol. The Morgan fingerprint density at radius 3 is 2.81 bits per heavy atom. The molecule has 4 rings (SSSR count). The molecule has 1 fully saturated rings. The molecule has 7 heteroatoms. The summed E-state index contributed by atoms with van der Waals surface area (Å²) < 4.78 is 5.97. The molecule has 0 bridgehead atoms. The molecule has 1 saturated heterocycles. The molecule has 2 atom stereocenters. The summed E-state index contributed by atoms with van der Waals surface area (Å²) in [5, 5.41) is 10.9. The number of benzene rings is 1. The second-order valence-electron chi connectivity index (χ2n) is 7.46. The van der Waals surface area contributed by atoms with Gasteiger partial charge in [-0.25, -0.2) is 4.98 Å². The van der Waals surface area contributed by atoms with Gasteiger partial charge in [-0.15, -0.1) is 0 Å². The Hall–Kier alpha value is -2.80. The van der Waals surface area contributed by atoms with E-state index in [1.165, 1.54) is 18.6 Å². The zero-order valence-corrected chi connectivity index (χ0v) is 15.3. The van der Waals surface area contributed by atoms with Crippen LogP contribution in [-0.4, -0.2) is 49.9 Å². The summed E-state index contributed by atoms with van der Waals surface area (Å²) in [5.41, 5.74) is 0.453. The monoisotopic (exact) mass is 367 g/mol. The standard InChI is InChI=1S/C20H21N3O4/c1-20(2)19(26)17(23-9-3-4-16(23)24)13-10-12(5-6-15(13)27-20)18(25)14-11-21-7-8-22-14/h5-8,10-11,17,19,26H,3-4,9H2,1-2H3/t17-,19+/m1/s1. The van der Waals surface area contributed by atoms with E-state index in [-0.39, 0.29) is 17.4 Å². The van der Waals surface area contributed by atoms with Crippen LogP contribution in [0.4, 0.5) is 0 Å². The number of rotatable bonds is 3. The van der Waals surface area contributed by atoms with Crippen LogP contribution < -0.4 is 4.74 Å². The second-order valence-corrected chi connectivity index (χ2v) is 7.46. The van der Waals surface area contributed by atoms with Gasteiger partial charge in [-0.05, 0) is 38.5 Å². The zero-order chi connectivity index (χ0) is 19.2. The molecular weight excluding hydrogens is 346 g/mol. The number of carbonyl (C=O) groups is 2. The minimum absolute atomic E-state index is 0.00774. The van der Waals surface area contributed by atoms with Gasteiger partial charge in [0.25, 0.3) is 0 Å². The van der Waals surface area contributed by atoms with E-state index in [0.29, 0.717) is 29.8 Å². The highest BCUT2D eigenvalue weighted by atomic mass is 16.5. The van der Waals surface area contributed by atoms with Gasteiger partial charge < -0.3 is 14.7 Å². The lowest BCUT2D eigenvalue weighted by molar-refractivity contribution is -0.139. The summed E-state index contributed by atoms with van der Waals surface area (Å²) in [7, 11) is 0. The molecule has 0 radical (unpaired) electrons. The zero-order valence-electron chi connectivity index (χ0n) is 15.3. The largest absolute Gasteiger partial charge is 0.485 e. The summed E-state index contributed by atoms with van der Waals surface area (Å²) in [6.45, 7) is 4.18. The van der Waals surface area contributed by atoms with Crippen molar-refractivity contribution in [3.05, 3.63) is 53.6 Å². The van der Waals surface area contributed by atoms with Gasteiger partial charge in [0.15, 0.2) is 0 Å². The minimum atomic E-state index is -0.908. The van der Waals surface area contributed by atoms with Crippen LogP contribution in [0, 0.1) is 0 Å². The fraction of sp³-hybridized carbons (Fsp3) is 0.400. The van der Waals surface area contributed by atoms with Crippen molar-refractivity contribution in [2.75, 3.05) is 6.54 Å². The number of ketones is 1. The number of amides is 1. The Kier molecular flexibility index (Phi) is 4.19. The van der Waals surface area contributed by atoms with Crippen molar-refractivity contribution in [3.8, 4) is 5.75 Å². The van der Waals surface area contributed by atoms with Gasteiger partial charge in [-0.3, -0.25) is 14.6 Å². The first-order valence-electron chi connectivity index (χ1n) is 9.00. The van der Waals surface area contributed by atoms with Crippen molar-refractivity contribution in [2.24, 2.45) is 0 Å². The van der Waals surface area contributed by atoms with Crippen molar-refractivity contribution in [1.29, 1.82) is 0 Å². The number of nitrogens with zero attached hydrogens (tertiary/aromatic N) is 3. The highest BCUT2D eigenvalue weighted by molar-refractivity contribution is 6.07. The average Bonchev–Trinajstić information content (AvgIpc) is 3.08. The molecule has 2 aliphatic heterocycles. The van der Waals surface area contributed by atoms with Crippen LogP contribution >= 0.6 is 0 Å². The highest BCUT2D eigenvalue weighted by Crippen LogP contribution is 2.44. The summed E-state index contributed by atoms with van der Waals surface area (Å²) in [6.07, 6.45) is 4.71. The van der Waals surface area contributed by atoms with Crippen molar-refractivity contribution >= 4 is 11.7 Å². The molecule has 27 heavy (non-hydrogen) atoms. The maximum absolute atomic E-state index is 12.7. The van der Waals surface area contributed by atoms with E-state index in [9.17, 15) is 14.7 Å². The third-order valence-electron chi connectivity index (χ3n) is 5.22. The third-order valence-corrected chi connectivity index (χ3v) is 5.22. The van der Waals surface area contributed by atoms with Crippen molar-refractivity contribution in [2.45, 2.75) is 44.4 Å². The molecule has 7 nitrogen and oxygen atoms in total. The Morgan fingerprint density at radius 2 is 2.15 bits per heavy atom. The van der Waals surface area contributed by atoms with Crippen molar-refractivity contribution in [3.63, 3.8) is 0 Å². The molecule has 0 unspecified atom stereocenters. The molecule has 2 aromatic rings. The van der Waals surface area contributed by atoms with Crippen LogP contribution in [0.2, 0.25) is 0 Å². The smallest absolute Gasteiger partial charge is 0.223 e. The maximum atomic E-state index is 12.7. The summed E-state index contributed by atoms with van der Waals surface area (Å²) >= 11 is 0. The van der Waals surface area contributed by atoms with Crippen LogP contribution in [0.25, 0.3) is 0 Å². The van der Waals surface area contributed by atoms with Crippen molar-refractivity contribution < 1.29 is 19.4 Å². The van der Waals surface area contributed by atoms with Gasteiger partial charge in [0.05, 0.1) is 12.2 Å². The van der Waals surface area contributed by atoms with Gasteiger partial charge >= 0.3 is 0 Å². The molecule has 1 aromatic heterocycles. The minimum Gasteiger partial charge on any atom is -0.485 e. The van der Waals surface area contributed by atoms with Crippen LogP contribution in [0.3, 0.4) is 0 Å². The molecule has 1 aromatic carbocycles. The molecule has 140 valence electrons. The second kappa shape index (κ2) is 6.42. The first-order chi connectivity index (χ1) is 12.9. The average molecular weight is 367 g/mol. The normalized spacial score (nSPS) is 23.7. The SMILES string of the molecule is CC1(C)Oc2ccc(C(=O)c3cnccn3)cc2[C@@H](N2CCCC2=O)[C@@H]1O. The molecule has 1 amide bonds. The lowest BCUT2D eigenvalue weighted by Crippen LogP contribution is -2.53.